The molecule has 2 heteroatoms. The molecule has 0 amide bonds. The highest BCUT2D eigenvalue weighted by molar-refractivity contribution is 5.56. The maximum atomic E-state index is 13.4. The molecule has 2 aromatic carbocycles. The molecule has 0 saturated heterocycles. The number of hydrogen-bond acceptors (Lipinski definition) is 1. The van der Waals surface area contributed by atoms with Gasteiger partial charge in [-0.25, -0.2) is 4.39 Å². The smallest absolute Gasteiger partial charge is 0.126 e. The zero-order valence-corrected chi connectivity index (χ0v) is 12.0. The number of nitrogens with one attached hydrogen (secondary N) is 1. The average molecular weight is 269 g/mol. The van der Waals surface area contributed by atoms with E-state index in [1.54, 1.807) is 6.07 Å². The lowest BCUT2D eigenvalue weighted by molar-refractivity contribution is 0.550. The van der Waals surface area contributed by atoms with Gasteiger partial charge in [-0.3, -0.25) is 0 Å². The molecule has 1 heterocycles. The molecule has 3 rings (SSSR count). The molecule has 1 nitrogen and oxygen atoms in total. The van der Waals surface area contributed by atoms with Gasteiger partial charge in [0.25, 0.3) is 0 Å². The van der Waals surface area contributed by atoms with Gasteiger partial charge in [-0.2, -0.15) is 0 Å². The predicted octanol–water partition coefficient (Wildman–Crippen LogP) is 4.66. The van der Waals surface area contributed by atoms with E-state index in [1.165, 1.54) is 16.8 Å². The second-order valence-electron chi connectivity index (χ2n) is 5.85. The number of aryl methyl sites for hydroxylation is 1. The van der Waals surface area contributed by atoms with Gasteiger partial charge in [-0.05, 0) is 61.4 Å². The summed E-state index contributed by atoms with van der Waals surface area (Å²) < 4.78 is 13.4. The van der Waals surface area contributed by atoms with E-state index in [-0.39, 0.29) is 5.82 Å². The minimum Gasteiger partial charge on any atom is -0.382 e. The van der Waals surface area contributed by atoms with E-state index in [0.29, 0.717) is 12.0 Å². The number of hydrogen-bond donors (Lipinski definition) is 1. The van der Waals surface area contributed by atoms with Gasteiger partial charge in [0.05, 0.1) is 0 Å². The molecular weight excluding hydrogens is 249 g/mol. The summed E-state index contributed by atoms with van der Waals surface area (Å²) in [6.07, 6.45) is 2.09. The van der Waals surface area contributed by atoms with E-state index in [4.69, 9.17) is 0 Å². The number of para-hydroxylation sites is 1. The normalized spacial score (nSPS) is 21.1. The second kappa shape index (κ2) is 5.28. The van der Waals surface area contributed by atoms with Crippen molar-refractivity contribution in [2.45, 2.75) is 38.6 Å². The van der Waals surface area contributed by atoms with E-state index in [1.807, 2.05) is 19.1 Å². The SMILES string of the molecule is Cc1cc(CC2CC(C)Nc3ccccc32)ccc1F. The second-order valence-corrected chi connectivity index (χ2v) is 5.85. The minimum atomic E-state index is -0.118. The Kier molecular flexibility index (Phi) is 3.47. The fourth-order valence-corrected chi connectivity index (χ4v) is 3.17. The van der Waals surface area contributed by atoms with Crippen LogP contribution in [0.3, 0.4) is 0 Å². The van der Waals surface area contributed by atoms with Crippen LogP contribution in [0, 0.1) is 12.7 Å². The lowest BCUT2D eigenvalue weighted by Crippen LogP contribution is -2.26. The molecule has 2 aromatic rings. The van der Waals surface area contributed by atoms with Crippen LogP contribution in [0.15, 0.2) is 42.5 Å². The van der Waals surface area contributed by atoms with Crippen LogP contribution in [0.5, 0.6) is 0 Å². The lowest BCUT2D eigenvalue weighted by Gasteiger charge is -2.31. The summed E-state index contributed by atoms with van der Waals surface area (Å²) in [6, 6.07) is 14.5. The van der Waals surface area contributed by atoms with Crippen LogP contribution >= 0.6 is 0 Å². The molecule has 1 aliphatic rings. The van der Waals surface area contributed by atoms with Crippen LogP contribution in [-0.4, -0.2) is 6.04 Å². The average Bonchev–Trinajstić information content (AvgIpc) is 2.43. The molecule has 20 heavy (non-hydrogen) atoms. The zero-order valence-electron chi connectivity index (χ0n) is 12.0. The Bertz CT molecular complexity index is 621. The van der Waals surface area contributed by atoms with Gasteiger partial charge < -0.3 is 5.32 Å². The summed E-state index contributed by atoms with van der Waals surface area (Å²) in [4.78, 5) is 0. The van der Waals surface area contributed by atoms with Gasteiger partial charge in [0.15, 0.2) is 0 Å². The molecule has 1 aliphatic heterocycles. The molecule has 0 aromatic heterocycles. The maximum Gasteiger partial charge on any atom is 0.126 e. The van der Waals surface area contributed by atoms with Crippen molar-refractivity contribution in [3.63, 3.8) is 0 Å². The monoisotopic (exact) mass is 269 g/mol. The van der Waals surface area contributed by atoms with Crippen molar-refractivity contribution in [2.75, 3.05) is 5.32 Å². The third kappa shape index (κ3) is 2.55. The molecule has 0 saturated carbocycles. The maximum absolute atomic E-state index is 13.4. The lowest BCUT2D eigenvalue weighted by atomic mass is 9.83. The quantitative estimate of drug-likeness (QED) is 0.835. The first-order chi connectivity index (χ1) is 9.63. The van der Waals surface area contributed by atoms with E-state index in [9.17, 15) is 4.39 Å². The van der Waals surface area contributed by atoms with Crippen molar-refractivity contribution < 1.29 is 4.39 Å². The van der Waals surface area contributed by atoms with Crippen molar-refractivity contribution in [1.82, 2.24) is 0 Å². The topological polar surface area (TPSA) is 12.0 Å². The highest BCUT2D eigenvalue weighted by Crippen LogP contribution is 2.36. The summed E-state index contributed by atoms with van der Waals surface area (Å²) in [5.41, 5.74) is 4.58. The van der Waals surface area contributed by atoms with Crippen molar-refractivity contribution in [3.05, 3.63) is 65.0 Å². The van der Waals surface area contributed by atoms with Gasteiger partial charge in [0.2, 0.25) is 0 Å². The first-order valence-corrected chi connectivity index (χ1v) is 7.24. The Hall–Kier alpha value is -1.83. The first kappa shape index (κ1) is 13.2. The molecular formula is C18H20FN. The third-order valence-electron chi connectivity index (χ3n) is 4.15. The van der Waals surface area contributed by atoms with Gasteiger partial charge in [-0.15, -0.1) is 0 Å². The summed E-state index contributed by atoms with van der Waals surface area (Å²) in [7, 11) is 0. The molecule has 104 valence electrons. The fourth-order valence-electron chi connectivity index (χ4n) is 3.17. The third-order valence-corrected chi connectivity index (χ3v) is 4.15. The first-order valence-electron chi connectivity index (χ1n) is 7.24. The number of fused-ring (bicyclic) bond motifs is 1. The molecule has 0 fully saturated rings. The van der Waals surface area contributed by atoms with Crippen LogP contribution in [-0.2, 0) is 6.42 Å². The summed E-state index contributed by atoms with van der Waals surface area (Å²) in [5, 5.41) is 3.54. The van der Waals surface area contributed by atoms with Crippen molar-refractivity contribution >= 4 is 5.69 Å². The zero-order chi connectivity index (χ0) is 14.1. The van der Waals surface area contributed by atoms with Crippen molar-refractivity contribution in [1.29, 1.82) is 0 Å². The van der Waals surface area contributed by atoms with Crippen LogP contribution in [0.1, 0.15) is 36.0 Å². The Morgan fingerprint density at radius 2 is 2.00 bits per heavy atom. The minimum absolute atomic E-state index is 0.118. The van der Waals surface area contributed by atoms with Crippen molar-refractivity contribution in [2.24, 2.45) is 0 Å². The van der Waals surface area contributed by atoms with Gasteiger partial charge in [-0.1, -0.05) is 30.3 Å². The molecule has 2 atom stereocenters. The van der Waals surface area contributed by atoms with E-state index < -0.39 is 0 Å². The molecule has 0 spiro atoms. The van der Waals surface area contributed by atoms with Crippen LogP contribution < -0.4 is 5.32 Å². The largest absolute Gasteiger partial charge is 0.382 e. The molecule has 0 bridgehead atoms. The highest BCUT2D eigenvalue weighted by atomic mass is 19.1. The van der Waals surface area contributed by atoms with E-state index in [2.05, 4.69) is 36.5 Å². The Balaban J connectivity index is 1.89. The van der Waals surface area contributed by atoms with Crippen LogP contribution in [0.25, 0.3) is 0 Å². The number of anilines is 1. The Morgan fingerprint density at radius 1 is 1.20 bits per heavy atom. The van der Waals surface area contributed by atoms with Gasteiger partial charge >= 0.3 is 0 Å². The summed E-state index contributed by atoms with van der Waals surface area (Å²) >= 11 is 0. The van der Waals surface area contributed by atoms with E-state index in [0.717, 1.165) is 18.4 Å². The molecule has 0 radical (unpaired) electrons. The van der Waals surface area contributed by atoms with Crippen molar-refractivity contribution in [3.8, 4) is 0 Å². The van der Waals surface area contributed by atoms with Gasteiger partial charge in [0, 0.05) is 11.7 Å². The summed E-state index contributed by atoms with van der Waals surface area (Å²) in [5.74, 6) is 0.389. The molecule has 2 unspecified atom stereocenters. The predicted molar refractivity (Wildman–Crippen MR) is 81.7 cm³/mol. The van der Waals surface area contributed by atoms with E-state index >= 15 is 0 Å². The van der Waals surface area contributed by atoms with Crippen LogP contribution in [0.4, 0.5) is 10.1 Å². The summed E-state index contributed by atoms with van der Waals surface area (Å²) in [6.45, 7) is 4.05. The molecule has 1 N–H and O–H groups in total. The van der Waals surface area contributed by atoms with Crippen LogP contribution in [0.2, 0.25) is 0 Å². The standard InChI is InChI=1S/C18H20FN/c1-12-9-14(7-8-17(12)19)11-15-10-13(2)20-18-6-4-3-5-16(15)18/h3-9,13,15,20H,10-11H2,1-2H3. The number of rotatable bonds is 2. The fraction of sp³-hybridized carbons (Fsp3) is 0.333. The Morgan fingerprint density at radius 3 is 2.80 bits per heavy atom. The molecule has 0 aliphatic carbocycles. The number of halogens is 1. The number of benzene rings is 2. The Labute approximate surface area is 119 Å². The highest BCUT2D eigenvalue weighted by Gasteiger charge is 2.23. The van der Waals surface area contributed by atoms with Gasteiger partial charge in [0.1, 0.15) is 5.82 Å².